The van der Waals surface area contributed by atoms with E-state index in [4.69, 9.17) is 10.5 Å². The largest absolute Gasteiger partial charge is 0.444 e. The van der Waals surface area contributed by atoms with Crippen LogP contribution in [0.4, 0.5) is 4.79 Å². The van der Waals surface area contributed by atoms with Gasteiger partial charge in [0.2, 0.25) is 0 Å². The fourth-order valence-corrected chi connectivity index (χ4v) is 0.853. The number of rotatable bonds is 4. The van der Waals surface area contributed by atoms with Crippen molar-refractivity contribution in [1.29, 1.82) is 0 Å². The number of nitrogens with two attached hydrogens (primary N) is 1. The lowest BCUT2D eigenvalue weighted by Crippen LogP contribution is -2.33. The van der Waals surface area contributed by atoms with Gasteiger partial charge in [0.15, 0.2) is 0 Å². The number of carbonyl (C=O) groups is 1. The maximum atomic E-state index is 11.2. The quantitative estimate of drug-likeness (QED) is 0.726. The number of ether oxygens (including phenoxy) is 1. The van der Waals surface area contributed by atoms with Gasteiger partial charge < -0.3 is 15.8 Å². The van der Waals surface area contributed by atoms with Crippen molar-refractivity contribution in [3.05, 3.63) is 0 Å². The van der Waals surface area contributed by atoms with Gasteiger partial charge in [-0.15, -0.1) is 0 Å². The molecule has 0 unspecified atom stereocenters. The van der Waals surface area contributed by atoms with Crippen molar-refractivity contribution in [3.63, 3.8) is 0 Å². The lowest BCUT2D eigenvalue weighted by Gasteiger charge is -2.20. The number of hydrogen-bond donors (Lipinski definition) is 2. The van der Waals surface area contributed by atoms with Crippen molar-refractivity contribution in [2.24, 2.45) is 11.7 Å². The molecule has 4 heteroatoms. The molecule has 0 aromatic carbocycles. The second-order valence-corrected chi connectivity index (χ2v) is 4.56. The smallest absolute Gasteiger partial charge is 0.407 e. The number of hydrogen-bond acceptors (Lipinski definition) is 3. The summed E-state index contributed by atoms with van der Waals surface area (Å²) in [5, 5.41) is 2.69. The van der Waals surface area contributed by atoms with Gasteiger partial charge in [-0.3, -0.25) is 0 Å². The molecule has 3 N–H and O–H groups in total. The van der Waals surface area contributed by atoms with Crippen LogP contribution in [0.2, 0.25) is 0 Å². The summed E-state index contributed by atoms with van der Waals surface area (Å²) in [5.41, 5.74) is 5.02. The maximum absolute atomic E-state index is 11.2. The average Bonchev–Trinajstić information content (AvgIpc) is 2.00. The predicted molar refractivity (Wildman–Crippen MR) is 57.1 cm³/mol. The van der Waals surface area contributed by atoms with E-state index in [-0.39, 0.29) is 6.09 Å². The molecule has 84 valence electrons. The monoisotopic (exact) mass is 202 g/mol. The summed E-state index contributed by atoms with van der Waals surface area (Å²) in [4.78, 5) is 11.2. The second kappa shape index (κ2) is 5.86. The van der Waals surface area contributed by atoms with Crippen LogP contribution in [0.15, 0.2) is 0 Å². The van der Waals surface area contributed by atoms with Crippen LogP contribution in [0.3, 0.4) is 0 Å². The van der Waals surface area contributed by atoms with Gasteiger partial charge in [0.25, 0.3) is 0 Å². The first-order chi connectivity index (χ1) is 6.35. The van der Waals surface area contributed by atoms with Gasteiger partial charge in [-0.2, -0.15) is 0 Å². The summed E-state index contributed by atoms with van der Waals surface area (Å²) < 4.78 is 5.07. The zero-order valence-corrected chi connectivity index (χ0v) is 9.59. The SMILES string of the molecule is C[C@H](CN)CCNC(=O)OC(C)(C)C. The van der Waals surface area contributed by atoms with Crippen molar-refractivity contribution in [2.75, 3.05) is 13.1 Å². The molecular weight excluding hydrogens is 180 g/mol. The van der Waals surface area contributed by atoms with Crippen LogP contribution >= 0.6 is 0 Å². The predicted octanol–water partition coefficient (Wildman–Crippen LogP) is 1.50. The van der Waals surface area contributed by atoms with E-state index in [1.165, 1.54) is 0 Å². The highest BCUT2D eigenvalue weighted by Gasteiger charge is 2.15. The van der Waals surface area contributed by atoms with Gasteiger partial charge in [-0.1, -0.05) is 6.92 Å². The zero-order valence-electron chi connectivity index (χ0n) is 9.59. The van der Waals surface area contributed by atoms with Crippen LogP contribution in [0.25, 0.3) is 0 Å². The number of alkyl carbamates (subject to hydrolysis) is 1. The third-order valence-corrected chi connectivity index (χ3v) is 1.71. The van der Waals surface area contributed by atoms with E-state index in [0.29, 0.717) is 19.0 Å². The van der Waals surface area contributed by atoms with E-state index in [2.05, 4.69) is 12.2 Å². The molecule has 4 nitrogen and oxygen atoms in total. The van der Waals surface area contributed by atoms with Crippen molar-refractivity contribution >= 4 is 6.09 Å². The van der Waals surface area contributed by atoms with Crippen LogP contribution in [0, 0.1) is 5.92 Å². The Bertz CT molecular complexity index is 175. The Labute approximate surface area is 86.2 Å². The molecule has 0 aromatic heterocycles. The molecular formula is C10H22N2O2. The van der Waals surface area contributed by atoms with Crippen molar-refractivity contribution in [2.45, 2.75) is 39.7 Å². The van der Waals surface area contributed by atoms with Gasteiger partial charge in [-0.05, 0) is 39.7 Å². The van der Waals surface area contributed by atoms with Gasteiger partial charge in [-0.25, -0.2) is 4.79 Å². The number of carbonyl (C=O) groups excluding carboxylic acids is 1. The topological polar surface area (TPSA) is 64.3 Å². The zero-order chi connectivity index (χ0) is 11.2. The van der Waals surface area contributed by atoms with E-state index in [1.54, 1.807) is 0 Å². The summed E-state index contributed by atoms with van der Waals surface area (Å²) in [6.45, 7) is 8.85. The Morgan fingerprint density at radius 3 is 2.50 bits per heavy atom. The first kappa shape index (κ1) is 13.2. The molecule has 14 heavy (non-hydrogen) atoms. The molecule has 0 rings (SSSR count). The normalized spacial score (nSPS) is 13.5. The summed E-state index contributed by atoms with van der Waals surface area (Å²) >= 11 is 0. The summed E-state index contributed by atoms with van der Waals surface area (Å²) in [5.74, 6) is 0.435. The Balaban J connectivity index is 3.55. The van der Waals surface area contributed by atoms with E-state index < -0.39 is 5.60 Å². The molecule has 0 saturated carbocycles. The summed E-state index contributed by atoms with van der Waals surface area (Å²) in [6, 6.07) is 0. The molecule has 0 aliphatic rings. The van der Waals surface area contributed by atoms with Crippen LogP contribution in [0.1, 0.15) is 34.1 Å². The van der Waals surface area contributed by atoms with Crippen LogP contribution in [-0.4, -0.2) is 24.8 Å². The summed E-state index contributed by atoms with van der Waals surface area (Å²) in [7, 11) is 0. The third-order valence-electron chi connectivity index (χ3n) is 1.71. The molecule has 0 aliphatic carbocycles. The molecule has 1 amide bonds. The Morgan fingerprint density at radius 2 is 2.07 bits per heavy atom. The standard InChI is InChI=1S/C10H22N2O2/c1-8(7-11)5-6-12-9(13)14-10(2,3)4/h8H,5-7,11H2,1-4H3,(H,12,13)/t8-/m0/s1. The van der Waals surface area contributed by atoms with Gasteiger partial charge in [0.1, 0.15) is 5.60 Å². The molecule has 0 bridgehead atoms. The fourth-order valence-electron chi connectivity index (χ4n) is 0.853. The van der Waals surface area contributed by atoms with Crippen molar-refractivity contribution in [1.82, 2.24) is 5.32 Å². The van der Waals surface area contributed by atoms with Crippen LogP contribution in [-0.2, 0) is 4.74 Å². The van der Waals surface area contributed by atoms with E-state index in [1.807, 2.05) is 20.8 Å². The highest BCUT2D eigenvalue weighted by molar-refractivity contribution is 5.67. The third kappa shape index (κ3) is 7.86. The molecule has 0 spiro atoms. The van der Waals surface area contributed by atoms with Crippen molar-refractivity contribution in [3.8, 4) is 0 Å². The number of nitrogens with one attached hydrogen (secondary N) is 1. The maximum Gasteiger partial charge on any atom is 0.407 e. The average molecular weight is 202 g/mol. The van der Waals surface area contributed by atoms with Crippen LogP contribution in [0.5, 0.6) is 0 Å². The molecule has 0 saturated heterocycles. The van der Waals surface area contributed by atoms with E-state index >= 15 is 0 Å². The number of amides is 1. The Kier molecular flexibility index (Phi) is 5.53. The van der Waals surface area contributed by atoms with E-state index in [0.717, 1.165) is 6.42 Å². The van der Waals surface area contributed by atoms with E-state index in [9.17, 15) is 4.79 Å². The molecule has 0 radical (unpaired) electrons. The molecule has 0 fully saturated rings. The highest BCUT2D eigenvalue weighted by atomic mass is 16.6. The first-order valence-corrected chi connectivity index (χ1v) is 5.02. The molecule has 0 heterocycles. The Hall–Kier alpha value is -0.770. The van der Waals surface area contributed by atoms with Gasteiger partial charge in [0.05, 0.1) is 0 Å². The molecule has 0 aromatic rings. The minimum Gasteiger partial charge on any atom is -0.444 e. The van der Waals surface area contributed by atoms with Gasteiger partial charge >= 0.3 is 6.09 Å². The fraction of sp³-hybridized carbons (Fsp3) is 0.900. The highest BCUT2D eigenvalue weighted by Crippen LogP contribution is 2.06. The van der Waals surface area contributed by atoms with Gasteiger partial charge in [0, 0.05) is 6.54 Å². The first-order valence-electron chi connectivity index (χ1n) is 5.02. The lowest BCUT2D eigenvalue weighted by molar-refractivity contribution is 0.0525. The lowest BCUT2D eigenvalue weighted by atomic mass is 10.1. The second-order valence-electron chi connectivity index (χ2n) is 4.56. The minimum atomic E-state index is -0.427. The van der Waals surface area contributed by atoms with Crippen molar-refractivity contribution < 1.29 is 9.53 Å². The van der Waals surface area contributed by atoms with Crippen LogP contribution < -0.4 is 11.1 Å². The molecule has 1 atom stereocenters. The Morgan fingerprint density at radius 1 is 1.50 bits per heavy atom. The molecule has 0 aliphatic heterocycles. The summed E-state index contributed by atoms with van der Waals surface area (Å²) in [6.07, 6.45) is 0.525. The minimum absolute atomic E-state index is 0.360.